The Balaban J connectivity index is 0.00000289. The molecule has 0 heterocycles. The molecule has 0 aromatic rings. The lowest BCUT2D eigenvalue weighted by molar-refractivity contribution is -0.298. The summed E-state index contributed by atoms with van der Waals surface area (Å²) < 4.78 is 12.4. The Kier molecular flexibility index (Phi) is 6.35. The van der Waals surface area contributed by atoms with E-state index in [1.54, 1.807) is 0 Å². The first-order valence-electron chi connectivity index (χ1n) is 6.96. The van der Waals surface area contributed by atoms with E-state index in [0.29, 0.717) is 0 Å². The van der Waals surface area contributed by atoms with E-state index in [9.17, 15) is 0 Å². The molecular weight excluding hydrogens is 224 g/mol. The van der Waals surface area contributed by atoms with Gasteiger partial charge < -0.3 is 9.47 Å². The fourth-order valence-corrected chi connectivity index (χ4v) is 2.27. The molecule has 0 radical (unpaired) electrons. The SMILES string of the molecule is C.CC(C)(C)COC1(OC(C)(C)C)CCCCC1. The van der Waals surface area contributed by atoms with Gasteiger partial charge in [-0.2, -0.15) is 0 Å². The molecule has 1 aliphatic carbocycles. The third-order valence-corrected chi connectivity index (χ3v) is 2.88. The van der Waals surface area contributed by atoms with Gasteiger partial charge in [0.05, 0.1) is 12.2 Å². The molecule has 2 heteroatoms. The molecule has 0 aliphatic heterocycles. The van der Waals surface area contributed by atoms with Crippen LogP contribution in [0.25, 0.3) is 0 Å². The minimum absolute atomic E-state index is 0. The van der Waals surface area contributed by atoms with Crippen LogP contribution < -0.4 is 0 Å². The average Bonchev–Trinajstić information content (AvgIpc) is 2.13. The van der Waals surface area contributed by atoms with Gasteiger partial charge in [-0.15, -0.1) is 0 Å². The summed E-state index contributed by atoms with van der Waals surface area (Å²) in [7, 11) is 0. The van der Waals surface area contributed by atoms with Crippen molar-refractivity contribution in [2.75, 3.05) is 6.61 Å². The number of hydrogen-bond acceptors (Lipinski definition) is 2. The van der Waals surface area contributed by atoms with Crippen molar-refractivity contribution >= 4 is 0 Å². The molecule has 0 N–H and O–H groups in total. The first kappa shape index (κ1) is 17.9. The molecular formula is C16H34O2. The minimum Gasteiger partial charge on any atom is -0.349 e. The second-order valence-corrected chi connectivity index (χ2v) is 7.54. The number of rotatable bonds is 3. The van der Waals surface area contributed by atoms with Crippen LogP contribution >= 0.6 is 0 Å². The normalized spacial score (nSPS) is 20.3. The van der Waals surface area contributed by atoms with Gasteiger partial charge >= 0.3 is 0 Å². The third-order valence-electron chi connectivity index (χ3n) is 2.88. The second-order valence-electron chi connectivity index (χ2n) is 7.54. The summed E-state index contributed by atoms with van der Waals surface area (Å²) in [4.78, 5) is 0. The standard InChI is InChI=1S/C15H30O2.CH4/c1-13(2,3)12-16-15(17-14(4,5)6)10-8-7-9-11-15;/h7-12H2,1-6H3;1H4. The molecule has 0 amide bonds. The quantitative estimate of drug-likeness (QED) is 0.651. The molecule has 0 unspecified atom stereocenters. The van der Waals surface area contributed by atoms with Gasteiger partial charge in [0.2, 0.25) is 0 Å². The fraction of sp³-hybridized carbons (Fsp3) is 1.00. The Morgan fingerprint density at radius 1 is 0.889 bits per heavy atom. The zero-order valence-corrected chi connectivity index (χ0v) is 12.6. The zero-order chi connectivity index (χ0) is 13.2. The Morgan fingerprint density at radius 3 is 1.78 bits per heavy atom. The van der Waals surface area contributed by atoms with Crippen LogP contribution in [0, 0.1) is 5.41 Å². The van der Waals surface area contributed by atoms with Crippen LogP contribution in [0.2, 0.25) is 0 Å². The van der Waals surface area contributed by atoms with Gasteiger partial charge in [-0.3, -0.25) is 0 Å². The lowest BCUT2D eigenvalue weighted by Gasteiger charge is -2.43. The first-order valence-corrected chi connectivity index (χ1v) is 6.96. The number of ether oxygens (including phenoxy) is 2. The van der Waals surface area contributed by atoms with Gasteiger partial charge in [-0.1, -0.05) is 34.6 Å². The predicted molar refractivity (Wildman–Crippen MR) is 78.8 cm³/mol. The highest BCUT2D eigenvalue weighted by Gasteiger charge is 2.38. The molecule has 1 fully saturated rings. The van der Waals surface area contributed by atoms with Crippen LogP contribution in [0.15, 0.2) is 0 Å². The maximum absolute atomic E-state index is 6.24. The molecule has 0 aromatic heterocycles. The Labute approximate surface area is 114 Å². The van der Waals surface area contributed by atoms with Crippen LogP contribution in [0.5, 0.6) is 0 Å². The molecule has 0 bridgehead atoms. The molecule has 18 heavy (non-hydrogen) atoms. The lowest BCUT2D eigenvalue weighted by Crippen LogP contribution is -2.45. The monoisotopic (exact) mass is 258 g/mol. The maximum atomic E-state index is 6.24. The highest BCUT2D eigenvalue weighted by atomic mass is 16.7. The summed E-state index contributed by atoms with van der Waals surface area (Å²) in [5.41, 5.74) is 0.0704. The molecule has 2 nitrogen and oxygen atoms in total. The van der Waals surface area contributed by atoms with Crippen LogP contribution in [-0.4, -0.2) is 18.0 Å². The first-order chi connectivity index (χ1) is 7.62. The van der Waals surface area contributed by atoms with Crippen molar-refractivity contribution < 1.29 is 9.47 Å². The van der Waals surface area contributed by atoms with Crippen molar-refractivity contribution in [1.82, 2.24) is 0 Å². The van der Waals surface area contributed by atoms with Gasteiger partial charge in [-0.25, -0.2) is 0 Å². The third kappa shape index (κ3) is 6.75. The molecule has 110 valence electrons. The Hall–Kier alpha value is -0.0800. The van der Waals surface area contributed by atoms with Gasteiger partial charge in [0, 0.05) is 12.8 Å². The molecule has 1 saturated carbocycles. The van der Waals surface area contributed by atoms with E-state index >= 15 is 0 Å². The average molecular weight is 258 g/mol. The van der Waals surface area contributed by atoms with Gasteiger partial charge in [0.1, 0.15) is 0 Å². The van der Waals surface area contributed by atoms with E-state index in [4.69, 9.17) is 9.47 Å². The summed E-state index contributed by atoms with van der Waals surface area (Å²) in [6.07, 6.45) is 5.84. The van der Waals surface area contributed by atoms with E-state index in [2.05, 4.69) is 41.5 Å². The molecule has 0 saturated heterocycles. The summed E-state index contributed by atoms with van der Waals surface area (Å²) in [5, 5.41) is 0. The summed E-state index contributed by atoms with van der Waals surface area (Å²) >= 11 is 0. The molecule has 0 aromatic carbocycles. The predicted octanol–water partition coefficient (Wildman–Crippen LogP) is 5.16. The van der Waals surface area contributed by atoms with E-state index in [-0.39, 0.29) is 24.2 Å². The van der Waals surface area contributed by atoms with Crippen LogP contribution in [-0.2, 0) is 9.47 Å². The van der Waals surface area contributed by atoms with Crippen molar-refractivity contribution in [3.05, 3.63) is 0 Å². The fourth-order valence-electron chi connectivity index (χ4n) is 2.27. The van der Waals surface area contributed by atoms with E-state index < -0.39 is 0 Å². The summed E-state index contributed by atoms with van der Waals surface area (Å²) in [5.74, 6) is -0.330. The smallest absolute Gasteiger partial charge is 0.169 e. The van der Waals surface area contributed by atoms with E-state index in [1.165, 1.54) is 19.3 Å². The van der Waals surface area contributed by atoms with Crippen molar-refractivity contribution in [3.63, 3.8) is 0 Å². The number of hydrogen-bond donors (Lipinski definition) is 0. The van der Waals surface area contributed by atoms with Gasteiger partial charge in [-0.05, 0) is 39.0 Å². The van der Waals surface area contributed by atoms with Crippen LogP contribution in [0.3, 0.4) is 0 Å². The van der Waals surface area contributed by atoms with Crippen molar-refractivity contribution in [2.24, 2.45) is 5.41 Å². The van der Waals surface area contributed by atoms with Gasteiger partial charge in [0.25, 0.3) is 0 Å². The molecule has 0 atom stereocenters. The maximum Gasteiger partial charge on any atom is 0.169 e. The topological polar surface area (TPSA) is 18.5 Å². The van der Waals surface area contributed by atoms with E-state index in [1.807, 2.05) is 0 Å². The minimum atomic E-state index is -0.330. The van der Waals surface area contributed by atoms with Crippen LogP contribution in [0.1, 0.15) is 81.1 Å². The highest BCUT2D eigenvalue weighted by Crippen LogP contribution is 2.37. The Morgan fingerprint density at radius 2 is 1.39 bits per heavy atom. The zero-order valence-electron chi connectivity index (χ0n) is 12.6. The molecule has 1 rings (SSSR count). The summed E-state index contributed by atoms with van der Waals surface area (Å²) in [6, 6.07) is 0. The van der Waals surface area contributed by atoms with E-state index in [0.717, 1.165) is 19.4 Å². The van der Waals surface area contributed by atoms with Crippen molar-refractivity contribution in [2.45, 2.75) is 92.5 Å². The summed E-state index contributed by atoms with van der Waals surface area (Å²) in [6.45, 7) is 13.7. The Bertz CT molecular complexity index is 226. The lowest BCUT2D eigenvalue weighted by atomic mass is 9.92. The van der Waals surface area contributed by atoms with Crippen molar-refractivity contribution in [3.8, 4) is 0 Å². The highest BCUT2D eigenvalue weighted by molar-refractivity contribution is 4.80. The second kappa shape index (κ2) is 6.38. The molecule has 1 aliphatic rings. The molecule has 0 spiro atoms. The van der Waals surface area contributed by atoms with Crippen LogP contribution in [0.4, 0.5) is 0 Å². The largest absolute Gasteiger partial charge is 0.349 e. The van der Waals surface area contributed by atoms with Crippen molar-refractivity contribution in [1.29, 1.82) is 0 Å². The van der Waals surface area contributed by atoms with Gasteiger partial charge in [0.15, 0.2) is 5.79 Å².